The number of nitrogens with zero attached hydrogens (tertiary/aromatic N) is 1. The van der Waals surface area contributed by atoms with Crippen LogP contribution in [0.1, 0.15) is 19.2 Å². The van der Waals surface area contributed by atoms with Gasteiger partial charge in [0.05, 0.1) is 5.69 Å². The summed E-state index contributed by atoms with van der Waals surface area (Å²) in [5.41, 5.74) is 7.66. The number of halogens is 1. The summed E-state index contributed by atoms with van der Waals surface area (Å²) in [5, 5.41) is 0.589. The maximum atomic E-state index is 5.85. The Bertz CT molecular complexity index is 464. The molecule has 2 N–H and O–H groups in total. The van der Waals surface area contributed by atoms with Crippen molar-refractivity contribution < 1.29 is 4.42 Å². The first-order valence-corrected chi connectivity index (χ1v) is 4.93. The lowest BCUT2D eigenvalue weighted by Gasteiger charge is -1.93. The summed E-state index contributed by atoms with van der Waals surface area (Å²) in [6.45, 7) is 2.07. The molecular weight excluding hydrogens is 200 g/mol. The van der Waals surface area contributed by atoms with Gasteiger partial charge in [-0.2, -0.15) is 0 Å². The highest BCUT2D eigenvalue weighted by atomic mass is 35.5. The second kappa shape index (κ2) is 3.50. The van der Waals surface area contributed by atoms with Gasteiger partial charge in [0.1, 0.15) is 5.52 Å². The molecular formula is C10H11ClN2O. The highest BCUT2D eigenvalue weighted by Gasteiger charge is 2.08. The van der Waals surface area contributed by atoms with Crippen molar-refractivity contribution in [3.05, 3.63) is 23.0 Å². The van der Waals surface area contributed by atoms with Gasteiger partial charge in [-0.05, 0) is 18.6 Å². The van der Waals surface area contributed by atoms with E-state index in [0.717, 1.165) is 24.2 Å². The van der Waals surface area contributed by atoms with Crippen molar-refractivity contribution in [1.29, 1.82) is 0 Å². The maximum Gasteiger partial charge on any atom is 0.195 e. The second-order valence-electron chi connectivity index (χ2n) is 3.20. The van der Waals surface area contributed by atoms with Crippen LogP contribution in [-0.4, -0.2) is 4.98 Å². The first kappa shape index (κ1) is 9.34. The fraction of sp³-hybridized carbons (Fsp3) is 0.300. The first-order valence-electron chi connectivity index (χ1n) is 4.55. The molecule has 1 aromatic heterocycles. The van der Waals surface area contributed by atoms with Crippen LogP contribution >= 0.6 is 11.6 Å². The van der Waals surface area contributed by atoms with E-state index < -0.39 is 0 Å². The minimum Gasteiger partial charge on any atom is -0.439 e. The Hall–Kier alpha value is -1.22. The summed E-state index contributed by atoms with van der Waals surface area (Å²) in [5.74, 6) is 0.719. The zero-order chi connectivity index (χ0) is 10.1. The van der Waals surface area contributed by atoms with Crippen LogP contribution in [0.4, 0.5) is 5.69 Å². The van der Waals surface area contributed by atoms with Gasteiger partial charge in [-0.1, -0.05) is 18.5 Å². The molecule has 14 heavy (non-hydrogen) atoms. The van der Waals surface area contributed by atoms with Gasteiger partial charge in [-0.25, -0.2) is 4.98 Å². The normalized spacial score (nSPS) is 11.0. The summed E-state index contributed by atoms with van der Waals surface area (Å²) in [6, 6.07) is 3.43. The average Bonchev–Trinajstić information content (AvgIpc) is 2.48. The van der Waals surface area contributed by atoms with E-state index in [1.54, 1.807) is 12.1 Å². The Morgan fingerprint density at radius 3 is 3.00 bits per heavy atom. The molecule has 4 heteroatoms. The molecule has 3 nitrogen and oxygen atoms in total. The van der Waals surface area contributed by atoms with E-state index in [4.69, 9.17) is 21.8 Å². The van der Waals surface area contributed by atoms with Crippen molar-refractivity contribution in [3.63, 3.8) is 0 Å². The summed E-state index contributed by atoms with van der Waals surface area (Å²) >= 11 is 5.85. The predicted octanol–water partition coefficient (Wildman–Crippen LogP) is 3.02. The fourth-order valence-electron chi connectivity index (χ4n) is 1.39. The third-order valence-electron chi connectivity index (χ3n) is 1.99. The topological polar surface area (TPSA) is 52.0 Å². The van der Waals surface area contributed by atoms with E-state index >= 15 is 0 Å². The molecule has 0 spiro atoms. The average molecular weight is 211 g/mol. The van der Waals surface area contributed by atoms with Crippen LogP contribution < -0.4 is 5.73 Å². The van der Waals surface area contributed by atoms with Crippen molar-refractivity contribution >= 4 is 28.4 Å². The lowest BCUT2D eigenvalue weighted by Crippen LogP contribution is -1.84. The number of nitrogen functional groups attached to an aromatic ring is 1. The van der Waals surface area contributed by atoms with Crippen LogP contribution in [0, 0.1) is 0 Å². The molecule has 0 amide bonds. The molecule has 0 bridgehead atoms. The molecule has 0 radical (unpaired) electrons. The lowest BCUT2D eigenvalue weighted by atomic mass is 10.3. The summed E-state index contributed by atoms with van der Waals surface area (Å²) in [6.07, 6.45) is 1.83. The van der Waals surface area contributed by atoms with Crippen molar-refractivity contribution in [2.75, 3.05) is 5.73 Å². The standard InChI is InChI=1S/C10H11ClN2O/c1-2-3-9-13-8-5-6(11)4-7(12)10(8)14-9/h4-5H,2-3,12H2,1H3. The van der Waals surface area contributed by atoms with Gasteiger partial charge in [-0.15, -0.1) is 0 Å². The van der Waals surface area contributed by atoms with Gasteiger partial charge in [0, 0.05) is 11.4 Å². The Morgan fingerprint density at radius 2 is 2.29 bits per heavy atom. The summed E-state index contributed by atoms with van der Waals surface area (Å²) in [7, 11) is 0. The number of fused-ring (bicyclic) bond motifs is 1. The van der Waals surface area contributed by atoms with E-state index in [2.05, 4.69) is 11.9 Å². The van der Waals surface area contributed by atoms with E-state index in [9.17, 15) is 0 Å². The molecule has 74 valence electrons. The summed E-state index contributed by atoms with van der Waals surface area (Å²) in [4.78, 5) is 4.29. The molecule has 1 aromatic carbocycles. The number of hydrogen-bond donors (Lipinski definition) is 1. The Balaban J connectivity index is 2.58. The largest absolute Gasteiger partial charge is 0.439 e. The number of nitrogens with two attached hydrogens (primary N) is 1. The van der Waals surface area contributed by atoms with Crippen molar-refractivity contribution in [3.8, 4) is 0 Å². The monoisotopic (exact) mass is 210 g/mol. The summed E-state index contributed by atoms with van der Waals surface area (Å²) < 4.78 is 5.50. The molecule has 2 aromatic rings. The second-order valence-corrected chi connectivity index (χ2v) is 3.64. The van der Waals surface area contributed by atoms with Crippen molar-refractivity contribution in [2.45, 2.75) is 19.8 Å². The van der Waals surface area contributed by atoms with Crippen LogP contribution in [0.25, 0.3) is 11.1 Å². The molecule has 0 aliphatic carbocycles. The zero-order valence-electron chi connectivity index (χ0n) is 7.88. The Morgan fingerprint density at radius 1 is 1.50 bits per heavy atom. The maximum absolute atomic E-state index is 5.85. The highest BCUT2D eigenvalue weighted by molar-refractivity contribution is 6.31. The number of oxazole rings is 1. The van der Waals surface area contributed by atoms with E-state index in [1.807, 2.05) is 0 Å². The van der Waals surface area contributed by atoms with Crippen LogP contribution in [0.3, 0.4) is 0 Å². The minimum absolute atomic E-state index is 0.544. The van der Waals surface area contributed by atoms with Gasteiger partial charge >= 0.3 is 0 Å². The van der Waals surface area contributed by atoms with E-state index in [1.165, 1.54) is 0 Å². The zero-order valence-corrected chi connectivity index (χ0v) is 8.64. The molecule has 0 unspecified atom stereocenters. The van der Waals surface area contributed by atoms with Gasteiger partial charge in [0.15, 0.2) is 11.5 Å². The van der Waals surface area contributed by atoms with Crippen LogP contribution in [0.15, 0.2) is 16.5 Å². The minimum atomic E-state index is 0.544. The first-order chi connectivity index (χ1) is 6.70. The van der Waals surface area contributed by atoms with Gasteiger partial charge in [0.25, 0.3) is 0 Å². The molecule has 2 rings (SSSR count). The van der Waals surface area contributed by atoms with Crippen molar-refractivity contribution in [2.24, 2.45) is 0 Å². The smallest absolute Gasteiger partial charge is 0.195 e. The van der Waals surface area contributed by atoms with Crippen LogP contribution in [0.2, 0.25) is 5.02 Å². The number of aryl methyl sites for hydroxylation is 1. The van der Waals surface area contributed by atoms with Crippen molar-refractivity contribution in [1.82, 2.24) is 4.98 Å². The Labute approximate surface area is 86.9 Å². The predicted molar refractivity (Wildman–Crippen MR) is 57.4 cm³/mol. The molecule has 0 saturated carbocycles. The van der Waals surface area contributed by atoms with E-state index in [-0.39, 0.29) is 0 Å². The number of benzene rings is 1. The van der Waals surface area contributed by atoms with Gasteiger partial charge in [-0.3, -0.25) is 0 Å². The molecule has 0 fully saturated rings. The van der Waals surface area contributed by atoms with Crippen LogP contribution in [-0.2, 0) is 6.42 Å². The molecule has 0 saturated heterocycles. The number of aromatic nitrogens is 1. The van der Waals surface area contributed by atoms with Gasteiger partial charge in [0.2, 0.25) is 0 Å². The quantitative estimate of drug-likeness (QED) is 0.776. The third kappa shape index (κ3) is 1.55. The number of anilines is 1. The SMILES string of the molecule is CCCc1nc2cc(Cl)cc(N)c2o1. The van der Waals surface area contributed by atoms with Crippen LogP contribution in [0.5, 0.6) is 0 Å². The molecule has 0 atom stereocenters. The number of rotatable bonds is 2. The lowest BCUT2D eigenvalue weighted by molar-refractivity contribution is 0.526. The molecule has 0 aliphatic heterocycles. The Kier molecular flexibility index (Phi) is 2.33. The number of hydrogen-bond acceptors (Lipinski definition) is 3. The van der Waals surface area contributed by atoms with E-state index in [0.29, 0.717) is 16.3 Å². The third-order valence-corrected chi connectivity index (χ3v) is 2.21. The molecule has 1 heterocycles. The van der Waals surface area contributed by atoms with Gasteiger partial charge < -0.3 is 10.2 Å². The fourth-order valence-corrected chi connectivity index (χ4v) is 1.61. The molecule has 0 aliphatic rings. The highest BCUT2D eigenvalue weighted by Crippen LogP contribution is 2.26.